The summed E-state index contributed by atoms with van der Waals surface area (Å²) in [5.74, 6) is 1.68. The minimum atomic E-state index is -0.459. The zero-order valence-electron chi connectivity index (χ0n) is 12.3. The lowest BCUT2D eigenvalue weighted by molar-refractivity contribution is 0.0345. The maximum Gasteiger partial charge on any atom is 0.122 e. The highest BCUT2D eigenvalue weighted by atomic mass is 16.5. The molecule has 1 aromatic rings. The molecular formula is C14H27N3O2. The third-order valence-electron chi connectivity index (χ3n) is 2.96. The molecule has 1 heterocycles. The van der Waals surface area contributed by atoms with Crippen molar-refractivity contribution in [1.82, 2.24) is 14.9 Å². The number of hydrogen-bond acceptors (Lipinski definition) is 4. The lowest BCUT2D eigenvalue weighted by atomic mass is 10.1. The summed E-state index contributed by atoms with van der Waals surface area (Å²) in [6.07, 6.45) is 5.45. The van der Waals surface area contributed by atoms with Gasteiger partial charge < -0.3 is 19.7 Å². The molecule has 1 rings (SSSR count). The Bertz CT molecular complexity index is 339. The normalized spacial score (nSPS) is 13.1. The first-order chi connectivity index (χ1) is 9.09. The third kappa shape index (κ3) is 7.30. The molecule has 0 bridgehead atoms. The molecule has 1 unspecified atom stereocenters. The predicted octanol–water partition coefficient (Wildman–Crippen LogP) is 1.32. The van der Waals surface area contributed by atoms with Gasteiger partial charge in [0.25, 0.3) is 0 Å². The Hall–Kier alpha value is -0.910. The van der Waals surface area contributed by atoms with Crippen molar-refractivity contribution in [2.75, 3.05) is 19.8 Å². The van der Waals surface area contributed by atoms with E-state index in [1.165, 1.54) is 6.42 Å². The lowest BCUT2D eigenvalue weighted by Gasteiger charge is -2.12. The van der Waals surface area contributed by atoms with Gasteiger partial charge in [0.05, 0.1) is 19.3 Å². The van der Waals surface area contributed by atoms with Crippen LogP contribution in [-0.2, 0) is 18.3 Å². The van der Waals surface area contributed by atoms with Crippen LogP contribution in [0.25, 0.3) is 0 Å². The zero-order valence-corrected chi connectivity index (χ0v) is 12.3. The zero-order chi connectivity index (χ0) is 14.1. The van der Waals surface area contributed by atoms with Crippen LogP contribution < -0.4 is 5.32 Å². The van der Waals surface area contributed by atoms with Gasteiger partial charge in [0, 0.05) is 32.6 Å². The summed E-state index contributed by atoms with van der Waals surface area (Å²) >= 11 is 0. The van der Waals surface area contributed by atoms with Crippen LogP contribution in [0.3, 0.4) is 0 Å². The molecule has 5 heteroatoms. The molecule has 5 nitrogen and oxygen atoms in total. The summed E-state index contributed by atoms with van der Waals surface area (Å²) in [4.78, 5) is 4.20. The first kappa shape index (κ1) is 16.1. The van der Waals surface area contributed by atoms with E-state index in [2.05, 4.69) is 24.1 Å². The van der Waals surface area contributed by atoms with E-state index >= 15 is 0 Å². The van der Waals surface area contributed by atoms with Crippen molar-refractivity contribution < 1.29 is 9.84 Å². The molecule has 0 aliphatic carbocycles. The van der Waals surface area contributed by atoms with E-state index in [-0.39, 0.29) is 0 Å². The van der Waals surface area contributed by atoms with Gasteiger partial charge in [0.1, 0.15) is 5.82 Å². The first-order valence-corrected chi connectivity index (χ1v) is 7.02. The largest absolute Gasteiger partial charge is 0.389 e. The van der Waals surface area contributed by atoms with Gasteiger partial charge in [-0.2, -0.15) is 0 Å². The van der Waals surface area contributed by atoms with E-state index in [9.17, 15) is 5.11 Å². The molecular weight excluding hydrogens is 242 g/mol. The van der Waals surface area contributed by atoms with Crippen LogP contribution in [0.2, 0.25) is 0 Å². The van der Waals surface area contributed by atoms with Gasteiger partial charge in [-0.15, -0.1) is 0 Å². The number of nitrogens with one attached hydrogen (secondary N) is 1. The number of aliphatic hydroxyl groups is 1. The molecule has 1 atom stereocenters. The number of ether oxygens (including phenoxy) is 1. The quantitative estimate of drug-likeness (QED) is 0.629. The fourth-order valence-electron chi connectivity index (χ4n) is 1.79. The Morgan fingerprint density at radius 1 is 1.47 bits per heavy atom. The van der Waals surface area contributed by atoms with Crippen LogP contribution in [0.4, 0.5) is 0 Å². The van der Waals surface area contributed by atoms with E-state index in [4.69, 9.17) is 4.74 Å². The SMILES string of the molecule is CC(C)CCCOCC(O)CNCc1nccn1C. The van der Waals surface area contributed by atoms with Crippen LogP contribution in [0.1, 0.15) is 32.5 Å². The molecule has 0 spiro atoms. The molecule has 0 saturated carbocycles. The van der Waals surface area contributed by atoms with E-state index in [0.717, 1.165) is 18.9 Å². The van der Waals surface area contributed by atoms with Gasteiger partial charge in [-0.3, -0.25) is 0 Å². The Kier molecular flexibility index (Phi) is 7.70. The smallest absolute Gasteiger partial charge is 0.122 e. The maximum atomic E-state index is 9.74. The second-order valence-corrected chi connectivity index (χ2v) is 5.35. The maximum absolute atomic E-state index is 9.74. The fraction of sp³-hybridized carbons (Fsp3) is 0.786. The monoisotopic (exact) mass is 269 g/mol. The van der Waals surface area contributed by atoms with Gasteiger partial charge in [0.2, 0.25) is 0 Å². The predicted molar refractivity (Wildman–Crippen MR) is 75.8 cm³/mol. The number of aliphatic hydroxyl groups excluding tert-OH is 1. The van der Waals surface area contributed by atoms with Crippen LogP contribution in [0, 0.1) is 5.92 Å². The Balaban J connectivity index is 1.99. The van der Waals surface area contributed by atoms with Crippen molar-refractivity contribution in [2.45, 2.75) is 39.3 Å². The second-order valence-electron chi connectivity index (χ2n) is 5.35. The number of aryl methyl sites for hydroxylation is 1. The number of nitrogens with zero attached hydrogens (tertiary/aromatic N) is 2. The minimum Gasteiger partial charge on any atom is -0.389 e. The highest BCUT2D eigenvalue weighted by molar-refractivity contribution is 4.90. The summed E-state index contributed by atoms with van der Waals surface area (Å²) in [5.41, 5.74) is 0. The van der Waals surface area contributed by atoms with Gasteiger partial charge in [0.15, 0.2) is 0 Å². The van der Waals surface area contributed by atoms with Gasteiger partial charge in [-0.25, -0.2) is 4.98 Å². The Morgan fingerprint density at radius 2 is 2.26 bits per heavy atom. The van der Waals surface area contributed by atoms with E-state index < -0.39 is 6.10 Å². The Morgan fingerprint density at radius 3 is 2.89 bits per heavy atom. The number of hydrogen-bond donors (Lipinski definition) is 2. The molecule has 110 valence electrons. The van der Waals surface area contributed by atoms with Crippen molar-refractivity contribution in [3.63, 3.8) is 0 Å². The van der Waals surface area contributed by atoms with Crippen molar-refractivity contribution in [3.05, 3.63) is 18.2 Å². The van der Waals surface area contributed by atoms with Crippen molar-refractivity contribution in [2.24, 2.45) is 13.0 Å². The first-order valence-electron chi connectivity index (χ1n) is 7.02. The number of rotatable bonds is 10. The minimum absolute atomic E-state index is 0.395. The average molecular weight is 269 g/mol. The molecule has 2 N–H and O–H groups in total. The van der Waals surface area contributed by atoms with Gasteiger partial charge >= 0.3 is 0 Å². The van der Waals surface area contributed by atoms with Crippen molar-refractivity contribution in [1.29, 1.82) is 0 Å². The molecule has 0 aliphatic rings. The van der Waals surface area contributed by atoms with Crippen LogP contribution >= 0.6 is 0 Å². The third-order valence-corrected chi connectivity index (χ3v) is 2.96. The molecule has 0 amide bonds. The summed E-state index contributed by atoms with van der Waals surface area (Å²) < 4.78 is 7.41. The van der Waals surface area contributed by atoms with Crippen LogP contribution in [-0.4, -0.2) is 40.5 Å². The number of imidazole rings is 1. The highest BCUT2D eigenvalue weighted by Crippen LogP contribution is 2.03. The summed E-state index contributed by atoms with van der Waals surface area (Å²) in [6, 6.07) is 0. The summed E-state index contributed by atoms with van der Waals surface area (Å²) in [5, 5.41) is 12.9. The Labute approximate surface area is 116 Å². The molecule has 0 fully saturated rings. The fourth-order valence-corrected chi connectivity index (χ4v) is 1.79. The summed E-state index contributed by atoms with van der Waals surface area (Å²) in [7, 11) is 1.96. The van der Waals surface area contributed by atoms with Gasteiger partial charge in [-0.05, 0) is 18.8 Å². The van der Waals surface area contributed by atoms with Crippen LogP contribution in [0.5, 0.6) is 0 Å². The lowest BCUT2D eigenvalue weighted by Crippen LogP contribution is -2.30. The van der Waals surface area contributed by atoms with E-state index in [0.29, 0.717) is 25.6 Å². The van der Waals surface area contributed by atoms with Crippen LogP contribution in [0.15, 0.2) is 12.4 Å². The molecule has 19 heavy (non-hydrogen) atoms. The van der Waals surface area contributed by atoms with Crippen molar-refractivity contribution >= 4 is 0 Å². The van der Waals surface area contributed by atoms with Crippen molar-refractivity contribution in [3.8, 4) is 0 Å². The highest BCUT2D eigenvalue weighted by Gasteiger charge is 2.05. The summed E-state index contributed by atoms with van der Waals surface area (Å²) in [6.45, 7) is 6.72. The van der Waals surface area contributed by atoms with E-state index in [1.807, 2.05) is 17.8 Å². The molecule has 0 radical (unpaired) electrons. The average Bonchev–Trinajstić information content (AvgIpc) is 2.74. The molecule has 0 aromatic carbocycles. The van der Waals surface area contributed by atoms with E-state index in [1.54, 1.807) is 6.20 Å². The molecule has 0 saturated heterocycles. The molecule has 0 aliphatic heterocycles. The standard InChI is InChI=1S/C14H27N3O2/c1-12(2)5-4-8-19-11-13(18)9-15-10-14-16-6-7-17(14)3/h6-7,12-13,15,18H,4-5,8-11H2,1-3H3. The second kappa shape index (κ2) is 9.07. The number of aromatic nitrogens is 2. The molecule has 1 aromatic heterocycles. The topological polar surface area (TPSA) is 59.3 Å². The van der Waals surface area contributed by atoms with Gasteiger partial charge in [-0.1, -0.05) is 13.8 Å².